The van der Waals surface area contributed by atoms with Gasteiger partial charge in [0.25, 0.3) is 0 Å². The molecule has 0 amide bonds. The van der Waals surface area contributed by atoms with Gasteiger partial charge in [0.05, 0.1) is 6.20 Å². The molecule has 0 unspecified atom stereocenters. The summed E-state index contributed by atoms with van der Waals surface area (Å²) in [5.74, 6) is 0.810. The third-order valence-corrected chi connectivity index (χ3v) is 2.89. The molecule has 0 saturated heterocycles. The van der Waals surface area contributed by atoms with Gasteiger partial charge in [-0.2, -0.15) is 5.10 Å². The molecule has 0 aliphatic heterocycles. The van der Waals surface area contributed by atoms with E-state index in [2.05, 4.69) is 43.7 Å². The van der Waals surface area contributed by atoms with Gasteiger partial charge in [-0.15, -0.1) is 0 Å². The summed E-state index contributed by atoms with van der Waals surface area (Å²) in [6.45, 7) is 9.99. The van der Waals surface area contributed by atoms with Crippen LogP contribution in [0.25, 0.3) is 0 Å². The van der Waals surface area contributed by atoms with E-state index in [1.165, 1.54) is 24.1 Å². The van der Waals surface area contributed by atoms with E-state index < -0.39 is 0 Å². The first-order valence-electron chi connectivity index (χ1n) is 5.60. The molecule has 1 aromatic heterocycles. The van der Waals surface area contributed by atoms with Crippen LogP contribution < -0.4 is 0 Å². The summed E-state index contributed by atoms with van der Waals surface area (Å²) in [6.07, 6.45) is 4.80. The molecule has 1 aromatic rings. The van der Waals surface area contributed by atoms with E-state index >= 15 is 0 Å². The Hall–Kier alpha value is -0.790. The van der Waals surface area contributed by atoms with Crippen LogP contribution >= 0.6 is 0 Å². The third kappa shape index (κ3) is 1.58. The Morgan fingerprint density at radius 1 is 1.43 bits per heavy atom. The van der Waals surface area contributed by atoms with Crippen molar-refractivity contribution in [1.29, 1.82) is 0 Å². The molecular weight excluding hydrogens is 172 g/mol. The lowest BCUT2D eigenvalue weighted by Crippen LogP contribution is -2.19. The lowest BCUT2D eigenvalue weighted by Gasteiger charge is -2.22. The summed E-state index contributed by atoms with van der Waals surface area (Å²) in [6, 6.07) is 0. The molecule has 1 fully saturated rings. The maximum atomic E-state index is 4.48. The first-order chi connectivity index (χ1) is 6.54. The molecule has 2 rings (SSSR count). The molecular formula is C12H20N2. The molecule has 0 aromatic carbocycles. The Labute approximate surface area is 86.3 Å². The molecule has 0 atom stereocenters. The zero-order chi connectivity index (χ0) is 10.3. The summed E-state index contributed by atoms with van der Waals surface area (Å²) in [7, 11) is 0. The molecule has 0 N–H and O–H groups in total. The topological polar surface area (TPSA) is 17.8 Å². The predicted molar refractivity (Wildman–Crippen MR) is 58.6 cm³/mol. The van der Waals surface area contributed by atoms with Crippen molar-refractivity contribution < 1.29 is 0 Å². The predicted octanol–water partition coefficient (Wildman–Crippen LogP) is 3.08. The summed E-state index contributed by atoms with van der Waals surface area (Å²) >= 11 is 0. The fourth-order valence-electron chi connectivity index (χ4n) is 2.15. The minimum atomic E-state index is 0.227. The van der Waals surface area contributed by atoms with Crippen molar-refractivity contribution in [1.82, 2.24) is 9.78 Å². The van der Waals surface area contributed by atoms with E-state index in [1.54, 1.807) is 0 Å². The van der Waals surface area contributed by atoms with Gasteiger partial charge in [-0.3, -0.25) is 4.68 Å². The highest BCUT2D eigenvalue weighted by Gasteiger charge is 2.32. The maximum Gasteiger partial charge on any atom is 0.0527 e. The van der Waals surface area contributed by atoms with Crippen molar-refractivity contribution in [2.45, 2.75) is 58.4 Å². The van der Waals surface area contributed by atoms with Gasteiger partial charge in [0.1, 0.15) is 0 Å². The normalized spacial score (nSPS) is 17.4. The highest BCUT2D eigenvalue weighted by atomic mass is 15.3. The largest absolute Gasteiger partial charge is 0.269 e. The van der Waals surface area contributed by atoms with Gasteiger partial charge >= 0.3 is 0 Å². The number of aryl methyl sites for hydroxylation is 1. The lowest BCUT2D eigenvalue weighted by molar-refractivity contribution is 0.493. The molecule has 78 valence electrons. The van der Waals surface area contributed by atoms with E-state index in [1.807, 2.05) is 0 Å². The van der Waals surface area contributed by atoms with Crippen LogP contribution in [0.1, 0.15) is 57.7 Å². The Morgan fingerprint density at radius 3 is 2.50 bits per heavy atom. The second kappa shape index (κ2) is 3.11. The molecule has 1 heterocycles. The standard InChI is InChI=1S/C12H20N2/c1-5-14-11(12(2,3)4)10(8-13-14)9-6-7-9/h8-9H,5-7H2,1-4H3. The van der Waals surface area contributed by atoms with Gasteiger partial charge in [-0.25, -0.2) is 0 Å². The van der Waals surface area contributed by atoms with Crippen molar-refractivity contribution in [3.05, 3.63) is 17.5 Å². The molecule has 0 radical (unpaired) electrons. The second-order valence-electron chi connectivity index (χ2n) is 5.29. The number of hydrogen-bond acceptors (Lipinski definition) is 1. The van der Waals surface area contributed by atoms with Crippen molar-refractivity contribution >= 4 is 0 Å². The second-order valence-corrected chi connectivity index (χ2v) is 5.29. The van der Waals surface area contributed by atoms with Crippen molar-refractivity contribution in [3.8, 4) is 0 Å². The SMILES string of the molecule is CCn1ncc(C2CC2)c1C(C)(C)C. The van der Waals surface area contributed by atoms with Crippen LogP contribution in [0, 0.1) is 0 Å². The van der Waals surface area contributed by atoms with Gasteiger partial charge in [-0.1, -0.05) is 20.8 Å². The van der Waals surface area contributed by atoms with Crippen LogP contribution in [0.15, 0.2) is 6.20 Å². The quantitative estimate of drug-likeness (QED) is 0.704. The monoisotopic (exact) mass is 192 g/mol. The first-order valence-corrected chi connectivity index (χ1v) is 5.60. The minimum absolute atomic E-state index is 0.227. The van der Waals surface area contributed by atoms with Crippen LogP contribution in [0.4, 0.5) is 0 Å². The Kier molecular flexibility index (Phi) is 2.17. The van der Waals surface area contributed by atoms with Gasteiger partial charge in [0, 0.05) is 17.7 Å². The third-order valence-electron chi connectivity index (χ3n) is 2.89. The number of nitrogens with zero attached hydrogens (tertiary/aromatic N) is 2. The summed E-state index contributed by atoms with van der Waals surface area (Å²) in [5.41, 5.74) is 3.17. The zero-order valence-electron chi connectivity index (χ0n) is 9.67. The van der Waals surface area contributed by atoms with Crippen molar-refractivity contribution in [3.63, 3.8) is 0 Å². The number of rotatable bonds is 2. The van der Waals surface area contributed by atoms with Crippen LogP contribution in [0.5, 0.6) is 0 Å². The highest BCUT2D eigenvalue weighted by Crippen LogP contribution is 2.44. The maximum absolute atomic E-state index is 4.48. The number of aromatic nitrogens is 2. The average molecular weight is 192 g/mol. The van der Waals surface area contributed by atoms with Gasteiger partial charge in [0.15, 0.2) is 0 Å². The van der Waals surface area contributed by atoms with Crippen molar-refractivity contribution in [2.75, 3.05) is 0 Å². The fraction of sp³-hybridized carbons (Fsp3) is 0.750. The highest BCUT2D eigenvalue weighted by molar-refractivity contribution is 5.31. The van der Waals surface area contributed by atoms with Gasteiger partial charge < -0.3 is 0 Å². The van der Waals surface area contributed by atoms with Gasteiger partial charge in [0.2, 0.25) is 0 Å². The summed E-state index contributed by atoms with van der Waals surface area (Å²) < 4.78 is 2.16. The van der Waals surface area contributed by atoms with Crippen LogP contribution in [0.3, 0.4) is 0 Å². The molecule has 2 nitrogen and oxygen atoms in total. The number of hydrogen-bond donors (Lipinski definition) is 0. The minimum Gasteiger partial charge on any atom is -0.269 e. The van der Waals surface area contributed by atoms with E-state index in [9.17, 15) is 0 Å². The fourth-order valence-corrected chi connectivity index (χ4v) is 2.15. The van der Waals surface area contributed by atoms with E-state index in [4.69, 9.17) is 0 Å². The first kappa shape index (κ1) is 9.75. The Bertz CT molecular complexity index is 327. The lowest BCUT2D eigenvalue weighted by atomic mass is 9.88. The molecule has 1 aliphatic carbocycles. The molecule has 2 heteroatoms. The smallest absolute Gasteiger partial charge is 0.0527 e. The van der Waals surface area contributed by atoms with Gasteiger partial charge in [-0.05, 0) is 31.2 Å². The molecule has 1 saturated carbocycles. The van der Waals surface area contributed by atoms with E-state index in [0.29, 0.717) is 0 Å². The summed E-state index contributed by atoms with van der Waals surface area (Å²) in [4.78, 5) is 0. The molecule has 0 bridgehead atoms. The van der Waals surface area contributed by atoms with Crippen LogP contribution in [0.2, 0.25) is 0 Å². The molecule has 14 heavy (non-hydrogen) atoms. The Morgan fingerprint density at radius 2 is 2.07 bits per heavy atom. The van der Waals surface area contributed by atoms with E-state index in [-0.39, 0.29) is 5.41 Å². The Balaban J connectivity index is 2.45. The van der Waals surface area contributed by atoms with Crippen LogP contribution in [-0.4, -0.2) is 9.78 Å². The zero-order valence-corrected chi connectivity index (χ0v) is 9.67. The van der Waals surface area contributed by atoms with E-state index in [0.717, 1.165) is 12.5 Å². The van der Waals surface area contributed by atoms with Crippen molar-refractivity contribution in [2.24, 2.45) is 0 Å². The van der Waals surface area contributed by atoms with Crippen LogP contribution in [-0.2, 0) is 12.0 Å². The average Bonchev–Trinajstić information content (AvgIpc) is 2.82. The molecule has 0 spiro atoms. The molecule has 1 aliphatic rings. The summed E-state index contributed by atoms with van der Waals surface area (Å²) in [5, 5.41) is 4.48.